The van der Waals surface area contributed by atoms with Crippen LogP contribution in [-0.2, 0) is 11.3 Å². The summed E-state index contributed by atoms with van der Waals surface area (Å²) in [4.78, 5) is 19.1. The summed E-state index contributed by atoms with van der Waals surface area (Å²) >= 11 is 1.42. The lowest BCUT2D eigenvalue weighted by Gasteiger charge is -2.20. The highest BCUT2D eigenvalue weighted by molar-refractivity contribution is 7.99. The molecule has 1 aromatic heterocycles. The lowest BCUT2D eigenvalue weighted by Crippen LogP contribution is -2.21. The molecule has 0 unspecified atom stereocenters. The summed E-state index contributed by atoms with van der Waals surface area (Å²) in [5, 5.41) is 4.92. The predicted octanol–water partition coefficient (Wildman–Crippen LogP) is 4.14. The summed E-state index contributed by atoms with van der Waals surface area (Å²) in [5.41, 5.74) is 6.76. The number of nitrogens with one attached hydrogen (secondary N) is 1. The topological polar surface area (TPSA) is 62.5 Å². The van der Waals surface area contributed by atoms with Crippen LogP contribution in [0.4, 0.5) is 5.69 Å². The molecule has 29 heavy (non-hydrogen) atoms. The molecule has 1 heterocycles. The third-order valence-electron chi connectivity index (χ3n) is 4.69. The quantitative estimate of drug-likeness (QED) is 0.328. The molecule has 0 fully saturated rings. The average Bonchev–Trinajstić information content (AvgIpc) is 3.11. The Labute approximate surface area is 176 Å². The van der Waals surface area contributed by atoms with Gasteiger partial charge in [-0.15, -0.1) is 0 Å². The van der Waals surface area contributed by atoms with Gasteiger partial charge in [0.2, 0.25) is 0 Å². The number of carbonyl (C=O) groups excluding carboxylic acids is 1. The molecule has 0 spiro atoms. The molecular formula is C22H27N5OS. The van der Waals surface area contributed by atoms with E-state index in [0.29, 0.717) is 0 Å². The van der Waals surface area contributed by atoms with Crippen molar-refractivity contribution < 1.29 is 4.79 Å². The second-order valence-corrected chi connectivity index (χ2v) is 7.42. The van der Waals surface area contributed by atoms with E-state index >= 15 is 0 Å². The van der Waals surface area contributed by atoms with Crippen molar-refractivity contribution >= 4 is 40.6 Å². The van der Waals surface area contributed by atoms with Crippen LogP contribution in [0.3, 0.4) is 0 Å². The van der Waals surface area contributed by atoms with E-state index in [1.807, 2.05) is 36.4 Å². The largest absolute Gasteiger partial charge is 0.372 e. The normalized spacial score (nSPS) is 11.3. The second-order valence-electron chi connectivity index (χ2n) is 6.47. The number of fused-ring (bicyclic) bond motifs is 1. The molecule has 152 valence electrons. The first-order valence-electron chi connectivity index (χ1n) is 9.91. The van der Waals surface area contributed by atoms with E-state index in [1.54, 1.807) is 6.21 Å². The minimum atomic E-state index is -0.152. The van der Waals surface area contributed by atoms with Crippen LogP contribution < -0.4 is 10.3 Å². The van der Waals surface area contributed by atoms with Crippen LogP contribution in [0.5, 0.6) is 0 Å². The molecule has 3 aromatic rings. The fourth-order valence-electron chi connectivity index (χ4n) is 3.17. The first kappa shape index (κ1) is 20.9. The van der Waals surface area contributed by atoms with Gasteiger partial charge in [0.15, 0.2) is 5.16 Å². The first-order valence-corrected chi connectivity index (χ1v) is 10.9. The standard InChI is InChI=1S/C22H27N5OS/c1-4-26(5-2)18-13-11-17(12-14-18)15-23-25-21(28)16-29-22-24-19-9-7-8-10-20(19)27(22)6-3/h7-15H,4-6,16H2,1-3H3,(H,25,28)/b23-15+. The number of rotatable bonds is 9. The van der Waals surface area contributed by atoms with Gasteiger partial charge < -0.3 is 9.47 Å². The van der Waals surface area contributed by atoms with Gasteiger partial charge in [0.1, 0.15) is 0 Å². The van der Waals surface area contributed by atoms with Crippen LogP contribution >= 0.6 is 11.8 Å². The van der Waals surface area contributed by atoms with E-state index < -0.39 is 0 Å². The van der Waals surface area contributed by atoms with Crippen LogP contribution in [-0.4, -0.2) is 40.5 Å². The smallest absolute Gasteiger partial charge is 0.250 e. The molecule has 0 radical (unpaired) electrons. The fraction of sp³-hybridized carbons (Fsp3) is 0.318. The second kappa shape index (κ2) is 10.1. The summed E-state index contributed by atoms with van der Waals surface area (Å²) in [6.45, 7) is 9.12. The van der Waals surface area contributed by atoms with Crippen molar-refractivity contribution in [2.45, 2.75) is 32.5 Å². The molecule has 7 heteroatoms. The number of amides is 1. The Hall–Kier alpha value is -2.80. The number of nitrogens with zero attached hydrogens (tertiary/aromatic N) is 4. The maximum Gasteiger partial charge on any atom is 0.250 e. The van der Waals surface area contributed by atoms with Gasteiger partial charge >= 0.3 is 0 Å². The minimum Gasteiger partial charge on any atom is -0.372 e. The zero-order chi connectivity index (χ0) is 20.6. The summed E-state index contributed by atoms with van der Waals surface area (Å²) < 4.78 is 2.12. The summed E-state index contributed by atoms with van der Waals surface area (Å²) in [6, 6.07) is 16.2. The van der Waals surface area contributed by atoms with Gasteiger partial charge in [-0.3, -0.25) is 4.79 Å². The van der Waals surface area contributed by atoms with E-state index in [1.165, 1.54) is 17.4 Å². The Balaban J connectivity index is 1.54. The zero-order valence-corrected chi connectivity index (χ0v) is 17.9. The minimum absolute atomic E-state index is 0.152. The van der Waals surface area contributed by atoms with Crippen molar-refractivity contribution in [3.05, 3.63) is 54.1 Å². The van der Waals surface area contributed by atoms with Gasteiger partial charge in [-0.05, 0) is 50.6 Å². The molecule has 6 nitrogen and oxygen atoms in total. The highest BCUT2D eigenvalue weighted by Gasteiger charge is 2.11. The summed E-state index contributed by atoms with van der Waals surface area (Å²) in [7, 11) is 0. The fourth-order valence-corrected chi connectivity index (χ4v) is 4.04. The van der Waals surface area contributed by atoms with E-state index in [9.17, 15) is 4.79 Å². The molecule has 2 aromatic carbocycles. The van der Waals surface area contributed by atoms with E-state index in [0.717, 1.165) is 41.4 Å². The number of hydrazone groups is 1. The number of para-hydroxylation sites is 2. The van der Waals surface area contributed by atoms with E-state index in [2.05, 4.69) is 57.9 Å². The van der Waals surface area contributed by atoms with E-state index in [4.69, 9.17) is 0 Å². The molecule has 1 N–H and O–H groups in total. The SMILES string of the molecule is CCN(CC)c1ccc(/C=N/NC(=O)CSc2nc3ccccc3n2CC)cc1. The molecule has 0 bridgehead atoms. The monoisotopic (exact) mass is 409 g/mol. The molecule has 1 amide bonds. The molecule has 0 saturated heterocycles. The molecule has 0 saturated carbocycles. The highest BCUT2D eigenvalue weighted by atomic mass is 32.2. The predicted molar refractivity (Wildman–Crippen MR) is 122 cm³/mol. The Morgan fingerprint density at radius 1 is 1.14 bits per heavy atom. The number of hydrogen-bond acceptors (Lipinski definition) is 5. The number of benzene rings is 2. The van der Waals surface area contributed by atoms with Crippen LogP contribution in [0, 0.1) is 0 Å². The number of imidazole rings is 1. The van der Waals surface area contributed by atoms with Gasteiger partial charge in [0.05, 0.1) is 23.0 Å². The van der Waals surface area contributed by atoms with Crippen molar-refractivity contribution in [3.8, 4) is 0 Å². The number of aromatic nitrogens is 2. The van der Waals surface area contributed by atoms with Crippen molar-refractivity contribution in [1.29, 1.82) is 0 Å². The van der Waals surface area contributed by atoms with Crippen LogP contribution in [0.2, 0.25) is 0 Å². The van der Waals surface area contributed by atoms with Gasteiger partial charge in [-0.1, -0.05) is 36.0 Å². The average molecular weight is 410 g/mol. The van der Waals surface area contributed by atoms with Crippen molar-refractivity contribution in [2.24, 2.45) is 5.10 Å². The Morgan fingerprint density at radius 2 is 1.86 bits per heavy atom. The third kappa shape index (κ3) is 5.17. The summed E-state index contributed by atoms with van der Waals surface area (Å²) in [5.74, 6) is 0.113. The van der Waals surface area contributed by atoms with Crippen molar-refractivity contribution in [3.63, 3.8) is 0 Å². The number of anilines is 1. The molecule has 0 aliphatic rings. The molecule has 0 aliphatic heterocycles. The number of thioether (sulfide) groups is 1. The maximum atomic E-state index is 12.2. The van der Waals surface area contributed by atoms with E-state index in [-0.39, 0.29) is 11.7 Å². The zero-order valence-electron chi connectivity index (χ0n) is 17.1. The van der Waals surface area contributed by atoms with Gasteiger partial charge in [0, 0.05) is 25.3 Å². The van der Waals surface area contributed by atoms with Crippen LogP contribution in [0.15, 0.2) is 58.8 Å². The number of carbonyl (C=O) groups is 1. The van der Waals surface area contributed by atoms with Crippen LogP contribution in [0.1, 0.15) is 26.3 Å². The Morgan fingerprint density at radius 3 is 2.55 bits per heavy atom. The molecule has 3 rings (SSSR count). The molecule has 0 aliphatic carbocycles. The highest BCUT2D eigenvalue weighted by Crippen LogP contribution is 2.23. The van der Waals surface area contributed by atoms with Crippen molar-refractivity contribution in [1.82, 2.24) is 15.0 Å². The molecule has 0 atom stereocenters. The van der Waals surface area contributed by atoms with Gasteiger partial charge in [-0.25, -0.2) is 10.4 Å². The van der Waals surface area contributed by atoms with Gasteiger partial charge in [-0.2, -0.15) is 5.10 Å². The molecular weight excluding hydrogens is 382 g/mol. The van der Waals surface area contributed by atoms with Crippen molar-refractivity contribution in [2.75, 3.05) is 23.7 Å². The van der Waals surface area contributed by atoms with Crippen LogP contribution in [0.25, 0.3) is 11.0 Å². The Kier molecular flexibility index (Phi) is 7.30. The number of hydrogen-bond donors (Lipinski definition) is 1. The van der Waals surface area contributed by atoms with Gasteiger partial charge in [0.25, 0.3) is 5.91 Å². The lowest BCUT2D eigenvalue weighted by atomic mass is 10.2. The first-order chi connectivity index (χ1) is 14.2. The Bertz CT molecular complexity index is 977. The number of aryl methyl sites for hydroxylation is 1. The lowest BCUT2D eigenvalue weighted by molar-refractivity contribution is -0.118. The third-order valence-corrected chi connectivity index (χ3v) is 5.67. The maximum absolute atomic E-state index is 12.2. The summed E-state index contributed by atoms with van der Waals surface area (Å²) in [6.07, 6.45) is 1.66.